The molecule has 0 saturated carbocycles. The van der Waals surface area contributed by atoms with Crippen LogP contribution in [0.4, 0.5) is 26.3 Å². The Morgan fingerprint density at radius 3 is 1.74 bits per heavy atom. The van der Waals surface area contributed by atoms with Gasteiger partial charge in [-0.2, -0.15) is 26.3 Å². The number of hydrogen-bond acceptors (Lipinski definition) is 2. The molecule has 0 bridgehead atoms. The number of hydrogen-bond donors (Lipinski definition) is 0. The largest absolute Gasteiger partial charge is 0.432 e. The zero-order valence-electron chi connectivity index (χ0n) is 8.81. The number of benzene rings is 1. The van der Waals surface area contributed by atoms with E-state index >= 15 is 0 Å². The van der Waals surface area contributed by atoms with Gasteiger partial charge in [0.15, 0.2) is 0 Å². The van der Waals surface area contributed by atoms with Crippen LogP contribution in [0.3, 0.4) is 0 Å². The minimum atomic E-state index is -5.49. The minimum absolute atomic E-state index is 0.165. The molecule has 0 aromatic heterocycles. The highest BCUT2D eigenvalue weighted by atomic mass is 35.5. The lowest BCUT2D eigenvalue weighted by Gasteiger charge is -2.39. The van der Waals surface area contributed by atoms with Gasteiger partial charge in [-0.05, 0) is 12.1 Å². The van der Waals surface area contributed by atoms with Crippen LogP contribution < -0.4 is 0 Å². The molecule has 0 radical (unpaired) electrons. The van der Waals surface area contributed by atoms with Gasteiger partial charge in [0.2, 0.25) is 0 Å². The third-order valence-electron chi connectivity index (χ3n) is 2.36. The molecule has 0 atom stereocenters. The maximum absolute atomic E-state index is 12.5. The van der Waals surface area contributed by atoms with Crippen molar-refractivity contribution in [2.24, 2.45) is 4.99 Å². The maximum atomic E-state index is 12.5. The van der Waals surface area contributed by atoms with Gasteiger partial charge in [0.05, 0.1) is 0 Å². The molecule has 1 heterocycles. The van der Waals surface area contributed by atoms with Crippen LogP contribution in [0.2, 0.25) is 5.02 Å². The number of nitrogens with zero attached hydrogens (tertiary/aromatic N) is 1. The SMILES string of the molecule is FC(F)(F)C1(C(F)(F)F)N=C(c2ccc(Cl)cc2)S1. The molecule has 0 amide bonds. The Balaban J connectivity index is 2.38. The minimum Gasteiger partial charge on any atom is -0.242 e. The molecule has 0 spiro atoms. The van der Waals surface area contributed by atoms with Gasteiger partial charge in [-0.3, -0.25) is 0 Å². The van der Waals surface area contributed by atoms with Crippen LogP contribution in [0.25, 0.3) is 0 Å². The first-order chi connectivity index (χ1) is 8.57. The van der Waals surface area contributed by atoms with Gasteiger partial charge in [-0.25, -0.2) is 4.99 Å². The van der Waals surface area contributed by atoms with Crippen molar-refractivity contribution in [3.8, 4) is 0 Å². The summed E-state index contributed by atoms with van der Waals surface area (Å²) in [6.07, 6.45) is -11.0. The average molecular weight is 320 g/mol. The molecule has 1 aromatic rings. The number of aliphatic imine (C=N–C) groups is 1. The molecule has 19 heavy (non-hydrogen) atoms. The van der Waals surface area contributed by atoms with E-state index in [-0.39, 0.29) is 22.4 Å². The van der Waals surface area contributed by atoms with Crippen LogP contribution in [0.1, 0.15) is 5.56 Å². The second-order valence-electron chi connectivity index (χ2n) is 3.67. The third-order valence-corrected chi connectivity index (χ3v) is 3.98. The number of alkyl halides is 6. The lowest BCUT2D eigenvalue weighted by molar-refractivity contribution is -0.263. The Labute approximate surface area is 112 Å². The summed E-state index contributed by atoms with van der Waals surface area (Å²) in [6.45, 7) is 0. The maximum Gasteiger partial charge on any atom is 0.432 e. The fraction of sp³-hybridized carbons (Fsp3) is 0.300. The summed E-state index contributed by atoms with van der Waals surface area (Å²) in [4.78, 5) is -1.28. The highest BCUT2D eigenvalue weighted by molar-refractivity contribution is 8.17. The standard InChI is InChI=1S/C10H4ClF6NS/c11-6-3-1-5(2-4-6)7-18-8(19-7,9(12,13)14)10(15,16)17/h1-4H. The van der Waals surface area contributed by atoms with Gasteiger partial charge in [-0.1, -0.05) is 35.5 Å². The van der Waals surface area contributed by atoms with E-state index in [1.165, 1.54) is 24.3 Å². The van der Waals surface area contributed by atoms with Gasteiger partial charge in [0.1, 0.15) is 5.04 Å². The van der Waals surface area contributed by atoms with E-state index in [0.29, 0.717) is 5.02 Å². The quantitative estimate of drug-likeness (QED) is 0.686. The Morgan fingerprint density at radius 2 is 1.37 bits per heavy atom. The highest BCUT2D eigenvalue weighted by Crippen LogP contribution is 2.59. The second kappa shape index (κ2) is 4.31. The summed E-state index contributed by atoms with van der Waals surface area (Å²) in [5, 5.41) is 0.0119. The zero-order valence-corrected chi connectivity index (χ0v) is 10.4. The fourth-order valence-electron chi connectivity index (χ4n) is 1.41. The Kier molecular flexibility index (Phi) is 3.29. The van der Waals surface area contributed by atoms with Gasteiger partial charge >= 0.3 is 17.2 Å². The Morgan fingerprint density at radius 1 is 0.947 bits per heavy atom. The Hall–Kier alpha value is -0.890. The molecule has 1 aliphatic heterocycles. The molecule has 0 fully saturated rings. The first kappa shape index (κ1) is 14.5. The van der Waals surface area contributed by atoms with Crippen molar-refractivity contribution in [1.82, 2.24) is 0 Å². The molecule has 1 aromatic carbocycles. The van der Waals surface area contributed by atoms with E-state index in [0.717, 1.165) is 0 Å². The predicted octanol–water partition coefficient (Wildman–Crippen LogP) is 4.65. The fourth-order valence-corrected chi connectivity index (χ4v) is 2.49. The zero-order chi connectivity index (χ0) is 14.5. The van der Waals surface area contributed by atoms with Crippen LogP contribution in [0.15, 0.2) is 29.3 Å². The summed E-state index contributed by atoms with van der Waals surface area (Å²) in [5.41, 5.74) is 0.165. The summed E-state index contributed by atoms with van der Waals surface area (Å²) < 4.78 is 75.2. The first-order valence-corrected chi connectivity index (χ1v) is 5.94. The van der Waals surface area contributed by atoms with Crippen LogP contribution in [-0.4, -0.2) is 22.3 Å². The van der Waals surface area contributed by atoms with Crippen molar-refractivity contribution in [2.75, 3.05) is 0 Å². The summed E-state index contributed by atoms with van der Waals surface area (Å²) in [7, 11) is 0. The van der Waals surface area contributed by atoms with Gasteiger partial charge in [-0.15, -0.1) is 0 Å². The number of rotatable bonds is 1. The van der Waals surface area contributed by atoms with Crippen molar-refractivity contribution >= 4 is 28.4 Å². The van der Waals surface area contributed by atoms with E-state index < -0.39 is 17.2 Å². The van der Waals surface area contributed by atoms with Crippen LogP contribution in [0, 0.1) is 0 Å². The lowest BCUT2D eigenvalue weighted by Crippen LogP contribution is -2.57. The molecule has 2 rings (SSSR count). The third kappa shape index (κ3) is 2.31. The van der Waals surface area contributed by atoms with Crippen molar-refractivity contribution in [1.29, 1.82) is 0 Å². The van der Waals surface area contributed by atoms with Crippen LogP contribution in [0.5, 0.6) is 0 Å². The molecular formula is C10H4ClF6NS. The number of thioether (sulfide) groups is 1. The van der Waals surface area contributed by atoms with Crippen molar-refractivity contribution in [3.63, 3.8) is 0 Å². The molecule has 0 N–H and O–H groups in total. The summed E-state index contributed by atoms with van der Waals surface area (Å²) in [5.74, 6) is 0. The normalized spacial score (nSPS) is 18.8. The summed E-state index contributed by atoms with van der Waals surface area (Å²) in [6, 6.07) is 5.35. The van der Waals surface area contributed by atoms with Gasteiger partial charge in [0.25, 0.3) is 0 Å². The van der Waals surface area contributed by atoms with Gasteiger partial charge < -0.3 is 0 Å². The van der Waals surface area contributed by atoms with Crippen molar-refractivity contribution in [2.45, 2.75) is 17.2 Å². The molecular weight excluding hydrogens is 316 g/mol. The van der Waals surface area contributed by atoms with E-state index in [1.54, 1.807) is 0 Å². The van der Waals surface area contributed by atoms with Crippen molar-refractivity contribution in [3.05, 3.63) is 34.9 Å². The molecule has 9 heteroatoms. The van der Waals surface area contributed by atoms with E-state index in [9.17, 15) is 26.3 Å². The molecule has 0 unspecified atom stereocenters. The second-order valence-corrected chi connectivity index (χ2v) is 5.28. The van der Waals surface area contributed by atoms with Crippen molar-refractivity contribution < 1.29 is 26.3 Å². The predicted molar refractivity (Wildman–Crippen MR) is 60.4 cm³/mol. The van der Waals surface area contributed by atoms with E-state index in [4.69, 9.17) is 11.6 Å². The summed E-state index contributed by atoms with van der Waals surface area (Å²) >= 11 is 5.22. The monoisotopic (exact) mass is 319 g/mol. The molecule has 1 nitrogen and oxygen atoms in total. The first-order valence-electron chi connectivity index (χ1n) is 4.75. The highest BCUT2D eigenvalue weighted by Gasteiger charge is 2.76. The topological polar surface area (TPSA) is 12.4 Å². The molecule has 104 valence electrons. The average Bonchev–Trinajstić information content (AvgIpc) is 2.14. The lowest BCUT2D eigenvalue weighted by atomic mass is 10.2. The molecule has 1 aliphatic rings. The van der Waals surface area contributed by atoms with Gasteiger partial charge in [0, 0.05) is 10.6 Å². The molecule has 0 aliphatic carbocycles. The van der Waals surface area contributed by atoms with E-state index in [1.807, 2.05) is 0 Å². The van der Waals surface area contributed by atoms with Crippen LogP contribution >= 0.6 is 23.4 Å². The van der Waals surface area contributed by atoms with E-state index in [2.05, 4.69) is 4.99 Å². The Bertz CT molecular complexity index is 504. The van der Waals surface area contributed by atoms with Crippen LogP contribution in [-0.2, 0) is 0 Å². The number of halogens is 7. The molecule has 0 saturated heterocycles. The smallest absolute Gasteiger partial charge is 0.242 e.